The number of nitrogens with zero attached hydrogens (tertiary/aromatic N) is 2. The Hall–Kier alpha value is -1.18. The number of ether oxygens (including phenoxy) is 1. The van der Waals surface area contributed by atoms with Gasteiger partial charge in [0.05, 0.1) is 6.54 Å². The highest BCUT2D eigenvalue weighted by Crippen LogP contribution is 2.20. The maximum Gasteiger partial charge on any atom is 0.129 e. The standard InChI is InChI=1S/C18H26N2O3S/c1-22-13-18-3-2-17(23-18)12-19-6-7-20(16(11-19)4-8-21)10-15-5-9-24-14-15/h2-3,5,9,14,16,21H,4,6-8,10-13H2,1H3/t16-/m1/s1. The summed E-state index contributed by atoms with van der Waals surface area (Å²) in [5.41, 5.74) is 1.37. The Labute approximate surface area is 147 Å². The molecule has 132 valence electrons. The van der Waals surface area contributed by atoms with E-state index in [0.717, 1.165) is 50.7 Å². The summed E-state index contributed by atoms with van der Waals surface area (Å²) in [6, 6.07) is 6.59. The Bertz CT molecular complexity index is 599. The van der Waals surface area contributed by atoms with E-state index in [1.165, 1.54) is 5.56 Å². The second-order valence-corrected chi connectivity index (χ2v) is 7.08. The molecule has 1 atom stereocenters. The first-order valence-corrected chi connectivity index (χ1v) is 9.37. The van der Waals surface area contributed by atoms with E-state index in [1.807, 2.05) is 12.1 Å². The Kier molecular flexibility index (Phi) is 6.45. The summed E-state index contributed by atoms with van der Waals surface area (Å²) in [4.78, 5) is 4.91. The Morgan fingerprint density at radius 3 is 2.88 bits per heavy atom. The molecule has 1 saturated heterocycles. The van der Waals surface area contributed by atoms with Crippen LogP contribution in [0.5, 0.6) is 0 Å². The van der Waals surface area contributed by atoms with E-state index in [1.54, 1.807) is 18.4 Å². The van der Waals surface area contributed by atoms with Crippen molar-refractivity contribution in [2.24, 2.45) is 0 Å². The average Bonchev–Trinajstić information content (AvgIpc) is 3.23. The summed E-state index contributed by atoms with van der Waals surface area (Å²) in [7, 11) is 1.67. The molecule has 0 amide bonds. The Morgan fingerprint density at radius 2 is 2.12 bits per heavy atom. The molecule has 2 aromatic heterocycles. The maximum atomic E-state index is 9.43. The van der Waals surface area contributed by atoms with Crippen LogP contribution in [0.4, 0.5) is 0 Å². The highest BCUT2D eigenvalue weighted by molar-refractivity contribution is 7.07. The lowest BCUT2D eigenvalue weighted by molar-refractivity contribution is 0.0463. The molecule has 0 spiro atoms. The van der Waals surface area contributed by atoms with E-state index in [0.29, 0.717) is 12.6 Å². The van der Waals surface area contributed by atoms with Gasteiger partial charge in [0.15, 0.2) is 0 Å². The van der Waals surface area contributed by atoms with E-state index in [-0.39, 0.29) is 6.61 Å². The molecule has 0 bridgehead atoms. The van der Waals surface area contributed by atoms with Crippen LogP contribution in [0.3, 0.4) is 0 Å². The number of piperazine rings is 1. The van der Waals surface area contributed by atoms with Crippen LogP contribution in [-0.2, 0) is 24.4 Å². The first-order chi connectivity index (χ1) is 11.8. The van der Waals surface area contributed by atoms with Gasteiger partial charge in [-0.25, -0.2) is 0 Å². The third-order valence-electron chi connectivity index (χ3n) is 4.50. The summed E-state index contributed by atoms with van der Waals surface area (Å²) in [5, 5.41) is 13.8. The van der Waals surface area contributed by atoms with E-state index in [4.69, 9.17) is 9.15 Å². The molecule has 0 aromatic carbocycles. The van der Waals surface area contributed by atoms with Gasteiger partial charge in [-0.3, -0.25) is 9.80 Å². The Morgan fingerprint density at radius 1 is 1.25 bits per heavy atom. The maximum absolute atomic E-state index is 9.43. The summed E-state index contributed by atoms with van der Waals surface area (Å²) in [5.74, 6) is 1.85. The smallest absolute Gasteiger partial charge is 0.129 e. The van der Waals surface area contributed by atoms with Gasteiger partial charge in [0.1, 0.15) is 18.1 Å². The monoisotopic (exact) mass is 350 g/mol. The second kappa shape index (κ2) is 8.78. The molecule has 0 aliphatic carbocycles. The van der Waals surface area contributed by atoms with Gasteiger partial charge in [-0.1, -0.05) is 0 Å². The number of furan rings is 1. The molecule has 6 heteroatoms. The predicted octanol–water partition coefficient (Wildman–Crippen LogP) is 2.56. The predicted molar refractivity (Wildman–Crippen MR) is 94.9 cm³/mol. The topological polar surface area (TPSA) is 49.1 Å². The minimum Gasteiger partial charge on any atom is -0.462 e. The molecule has 1 aliphatic heterocycles. The molecule has 3 heterocycles. The van der Waals surface area contributed by atoms with E-state index >= 15 is 0 Å². The summed E-state index contributed by atoms with van der Waals surface area (Å²) < 4.78 is 10.9. The van der Waals surface area contributed by atoms with E-state index < -0.39 is 0 Å². The third kappa shape index (κ3) is 4.68. The molecule has 1 fully saturated rings. The van der Waals surface area contributed by atoms with Crippen molar-refractivity contribution >= 4 is 11.3 Å². The van der Waals surface area contributed by atoms with Gasteiger partial charge in [0.2, 0.25) is 0 Å². The number of aliphatic hydroxyl groups is 1. The number of rotatable bonds is 8. The van der Waals surface area contributed by atoms with Crippen LogP contribution in [0.1, 0.15) is 23.5 Å². The van der Waals surface area contributed by atoms with Crippen LogP contribution in [0.2, 0.25) is 0 Å². The fourth-order valence-corrected chi connectivity index (χ4v) is 3.96. The van der Waals surface area contributed by atoms with Crippen molar-refractivity contribution < 1.29 is 14.3 Å². The normalized spacial score (nSPS) is 19.8. The van der Waals surface area contributed by atoms with Gasteiger partial charge < -0.3 is 14.3 Å². The van der Waals surface area contributed by atoms with Gasteiger partial charge in [0, 0.05) is 45.9 Å². The molecule has 5 nitrogen and oxygen atoms in total. The minimum absolute atomic E-state index is 0.234. The molecule has 24 heavy (non-hydrogen) atoms. The van der Waals surface area contributed by atoms with Crippen molar-refractivity contribution in [2.45, 2.75) is 32.2 Å². The third-order valence-corrected chi connectivity index (χ3v) is 5.23. The highest BCUT2D eigenvalue weighted by atomic mass is 32.1. The van der Waals surface area contributed by atoms with Gasteiger partial charge in [0.25, 0.3) is 0 Å². The molecule has 1 aliphatic rings. The van der Waals surface area contributed by atoms with Crippen molar-refractivity contribution in [3.63, 3.8) is 0 Å². The van der Waals surface area contributed by atoms with E-state index in [2.05, 4.69) is 26.6 Å². The van der Waals surface area contributed by atoms with Crippen LogP contribution in [0.15, 0.2) is 33.4 Å². The van der Waals surface area contributed by atoms with Gasteiger partial charge in [-0.05, 0) is 40.9 Å². The van der Waals surface area contributed by atoms with Crippen molar-refractivity contribution in [3.05, 3.63) is 46.0 Å². The van der Waals surface area contributed by atoms with Crippen LogP contribution < -0.4 is 0 Å². The van der Waals surface area contributed by atoms with Gasteiger partial charge in [-0.15, -0.1) is 0 Å². The number of methoxy groups -OCH3 is 1. The molecular formula is C18H26N2O3S. The zero-order valence-electron chi connectivity index (χ0n) is 14.2. The lowest BCUT2D eigenvalue weighted by Crippen LogP contribution is -2.52. The summed E-state index contributed by atoms with van der Waals surface area (Å²) >= 11 is 1.74. The quantitative estimate of drug-likeness (QED) is 0.793. The van der Waals surface area contributed by atoms with Gasteiger partial charge >= 0.3 is 0 Å². The lowest BCUT2D eigenvalue weighted by Gasteiger charge is -2.41. The van der Waals surface area contributed by atoms with Gasteiger partial charge in [-0.2, -0.15) is 11.3 Å². The SMILES string of the molecule is COCc1ccc(CN2CCN(Cc3ccsc3)[C@H](CCO)C2)o1. The van der Waals surface area contributed by atoms with Crippen molar-refractivity contribution in [1.29, 1.82) is 0 Å². The Balaban J connectivity index is 1.57. The number of hydrogen-bond donors (Lipinski definition) is 1. The summed E-state index contributed by atoms with van der Waals surface area (Å²) in [6.45, 7) is 5.54. The van der Waals surface area contributed by atoms with Crippen LogP contribution in [-0.4, -0.2) is 54.3 Å². The largest absolute Gasteiger partial charge is 0.462 e. The molecular weight excluding hydrogens is 324 g/mol. The van der Waals surface area contributed by atoms with Crippen molar-refractivity contribution in [1.82, 2.24) is 9.80 Å². The van der Waals surface area contributed by atoms with Crippen LogP contribution in [0.25, 0.3) is 0 Å². The zero-order chi connectivity index (χ0) is 16.8. The minimum atomic E-state index is 0.234. The zero-order valence-corrected chi connectivity index (χ0v) is 15.0. The fraction of sp³-hybridized carbons (Fsp3) is 0.556. The number of aliphatic hydroxyl groups excluding tert-OH is 1. The fourth-order valence-electron chi connectivity index (χ4n) is 3.30. The van der Waals surface area contributed by atoms with Crippen molar-refractivity contribution in [2.75, 3.05) is 33.4 Å². The van der Waals surface area contributed by atoms with Crippen LogP contribution >= 0.6 is 11.3 Å². The van der Waals surface area contributed by atoms with Crippen LogP contribution in [0, 0.1) is 0 Å². The first kappa shape index (κ1) is 17.6. The molecule has 1 N–H and O–H groups in total. The molecule has 0 saturated carbocycles. The molecule has 0 unspecified atom stereocenters. The molecule has 3 rings (SSSR count). The molecule has 2 aromatic rings. The van der Waals surface area contributed by atoms with E-state index in [9.17, 15) is 5.11 Å². The number of hydrogen-bond acceptors (Lipinski definition) is 6. The summed E-state index contributed by atoms with van der Waals surface area (Å²) in [6.07, 6.45) is 0.813. The average molecular weight is 350 g/mol. The second-order valence-electron chi connectivity index (χ2n) is 6.30. The first-order valence-electron chi connectivity index (χ1n) is 8.43. The number of thiophene rings is 1. The molecule has 0 radical (unpaired) electrons. The van der Waals surface area contributed by atoms with Crippen molar-refractivity contribution in [3.8, 4) is 0 Å². The lowest BCUT2D eigenvalue weighted by atomic mass is 10.1. The highest BCUT2D eigenvalue weighted by Gasteiger charge is 2.27.